The van der Waals surface area contributed by atoms with E-state index in [9.17, 15) is 4.79 Å². The van der Waals surface area contributed by atoms with E-state index in [0.717, 1.165) is 44.6 Å². The van der Waals surface area contributed by atoms with Crippen LogP contribution in [0, 0.1) is 0 Å². The molecule has 0 bridgehead atoms. The molecule has 4 rings (SSSR count). The van der Waals surface area contributed by atoms with Gasteiger partial charge in [0.25, 0.3) is 0 Å². The van der Waals surface area contributed by atoms with E-state index in [4.69, 9.17) is 0 Å². The number of amides is 1. The molecule has 0 N–H and O–H groups in total. The summed E-state index contributed by atoms with van der Waals surface area (Å²) in [5.41, 5.74) is 2.61. The van der Waals surface area contributed by atoms with Gasteiger partial charge in [-0.05, 0) is 44.9 Å². The van der Waals surface area contributed by atoms with Crippen LogP contribution in [0.5, 0.6) is 0 Å². The van der Waals surface area contributed by atoms with Crippen LogP contribution < -0.4 is 4.90 Å². The van der Waals surface area contributed by atoms with Gasteiger partial charge in [-0.25, -0.2) is 9.97 Å². The van der Waals surface area contributed by atoms with Gasteiger partial charge in [0.05, 0.1) is 12.1 Å². The molecular weight excluding hydrogens is 288 g/mol. The Morgan fingerprint density at radius 3 is 2.83 bits per heavy atom. The molecule has 0 unspecified atom stereocenters. The number of anilines is 1. The van der Waals surface area contributed by atoms with Crippen molar-refractivity contribution >= 4 is 11.7 Å². The number of likely N-dealkylation sites (tertiary alicyclic amines) is 1. The number of rotatable bonds is 3. The highest BCUT2D eigenvalue weighted by Gasteiger charge is 2.40. The molecule has 1 aromatic rings. The monoisotopic (exact) mass is 314 g/mol. The number of aryl methyl sites for hydroxylation is 1. The smallest absolute Gasteiger partial charge is 0.222 e. The van der Waals surface area contributed by atoms with E-state index in [0.29, 0.717) is 24.4 Å². The summed E-state index contributed by atoms with van der Waals surface area (Å²) in [5.74, 6) is 1.47. The summed E-state index contributed by atoms with van der Waals surface area (Å²) in [4.78, 5) is 26.1. The van der Waals surface area contributed by atoms with E-state index in [1.165, 1.54) is 30.5 Å². The predicted octanol–water partition coefficient (Wildman–Crippen LogP) is 2.34. The van der Waals surface area contributed by atoms with Gasteiger partial charge in [0, 0.05) is 30.8 Å². The van der Waals surface area contributed by atoms with E-state index >= 15 is 0 Å². The zero-order chi connectivity index (χ0) is 15.8. The molecule has 0 aromatic carbocycles. The molecule has 2 fully saturated rings. The summed E-state index contributed by atoms with van der Waals surface area (Å²) in [6.07, 6.45) is 10.4. The second kappa shape index (κ2) is 6.10. The minimum Gasteiger partial charge on any atom is -0.351 e. The fourth-order valence-electron chi connectivity index (χ4n) is 4.75. The van der Waals surface area contributed by atoms with Crippen molar-refractivity contribution < 1.29 is 4.79 Å². The quantitative estimate of drug-likeness (QED) is 0.859. The molecule has 124 valence electrons. The molecule has 3 heterocycles. The lowest BCUT2D eigenvalue weighted by Crippen LogP contribution is -2.48. The third kappa shape index (κ3) is 2.50. The summed E-state index contributed by atoms with van der Waals surface area (Å²) < 4.78 is 0. The lowest BCUT2D eigenvalue weighted by atomic mass is 10.0. The van der Waals surface area contributed by atoms with E-state index < -0.39 is 0 Å². The van der Waals surface area contributed by atoms with Gasteiger partial charge in [0.2, 0.25) is 5.91 Å². The van der Waals surface area contributed by atoms with Crippen molar-refractivity contribution in [3.05, 3.63) is 17.6 Å². The van der Waals surface area contributed by atoms with Gasteiger partial charge in [-0.1, -0.05) is 6.92 Å². The van der Waals surface area contributed by atoms with E-state index in [1.807, 2.05) is 6.92 Å². The maximum Gasteiger partial charge on any atom is 0.222 e. The van der Waals surface area contributed by atoms with Gasteiger partial charge in [-0.3, -0.25) is 4.79 Å². The Balaban J connectivity index is 1.62. The first-order valence-electron chi connectivity index (χ1n) is 9.18. The highest BCUT2D eigenvalue weighted by Crippen LogP contribution is 2.36. The van der Waals surface area contributed by atoms with Gasteiger partial charge in [-0.15, -0.1) is 0 Å². The Hall–Kier alpha value is -1.65. The average Bonchev–Trinajstić information content (AvgIpc) is 3.31. The molecule has 0 radical (unpaired) electrons. The Kier molecular flexibility index (Phi) is 3.95. The Labute approximate surface area is 138 Å². The van der Waals surface area contributed by atoms with Crippen LogP contribution in [0.3, 0.4) is 0 Å². The van der Waals surface area contributed by atoms with Crippen LogP contribution in [-0.2, 0) is 17.6 Å². The molecule has 0 saturated carbocycles. The minimum atomic E-state index is 0.312. The number of carbonyl (C=O) groups is 1. The number of hydrogen-bond donors (Lipinski definition) is 0. The second-order valence-corrected chi connectivity index (χ2v) is 7.03. The van der Waals surface area contributed by atoms with Gasteiger partial charge in [0.15, 0.2) is 0 Å². The predicted molar refractivity (Wildman–Crippen MR) is 89.5 cm³/mol. The van der Waals surface area contributed by atoms with Gasteiger partial charge in [0.1, 0.15) is 12.1 Å². The van der Waals surface area contributed by atoms with Crippen molar-refractivity contribution in [2.45, 2.75) is 70.4 Å². The molecule has 23 heavy (non-hydrogen) atoms. The first kappa shape index (κ1) is 14.9. The topological polar surface area (TPSA) is 49.3 Å². The van der Waals surface area contributed by atoms with Crippen molar-refractivity contribution in [3.8, 4) is 0 Å². The number of nitrogens with zero attached hydrogens (tertiary/aromatic N) is 4. The molecule has 1 aromatic heterocycles. The van der Waals surface area contributed by atoms with E-state index in [-0.39, 0.29) is 0 Å². The van der Waals surface area contributed by atoms with Crippen LogP contribution in [0.1, 0.15) is 56.7 Å². The Bertz CT molecular complexity index is 603. The average molecular weight is 314 g/mol. The fraction of sp³-hybridized carbons (Fsp3) is 0.722. The highest BCUT2D eigenvalue weighted by molar-refractivity contribution is 5.76. The van der Waals surface area contributed by atoms with E-state index in [2.05, 4.69) is 19.8 Å². The van der Waals surface area contributed by atoms with Crippen molar-refractivity contribution in [2.24, 2.45) is 0 Å². The van der Waals surface area contributed by atoms with Crippen LogP contribution in [0.25, 0.3) is 0 Å². The van der Waals surface area contributed by atoms with Crippen molar-refractivity contribution in [2.75, 3.05) is 18.0 Å². The van der Waals surface area contributed by atoms with Crippen LogP contribution in [0.2, 0.25) is 0 Å². The molecular formula is C18H26N4O. The fourth-order valence-corrected chi connectivity index (χ4v) is 4.75. The summed E-state index contributed by atoms with van der Waals surface area (Å²) in [5, 5.41) is 0. The SMILES string of the molecule is CCC(=O)N1CCC[C@@H]1[C@H]1CCCN1c1ncnc2c1CCC2. The largest absolute Gasteiger partial charge is 0.351 e. The number of carbonyl (C=O) groups excluding carboxylic acids is 1. The third-order valence-corrected chi connectivity index (χ3v) is 5.79. The lowest BCUT2D eigenvalue weighted by molar-refractivity contribution is -0.132. The van der Waals surface area contributed by atoms with Crippen LogP contribution in [0.15, 0.2) is 6.33 Å². The molecule has 0 spiro atoms. The summed E-state index contributed by atoms with van der Waals surface area (Å²) >= 11 is 0. The second-order valence-electron chi connectivity index (χ2n) is 7.03. The van der Waals surface area contributed by atoms with Crippen molar-refractivity contribution in [1.29, 1.82) is 0 Å². The molecule has 3 aliphatic rings. The molecule has 2 aliphatic heterocycles. The van der Waals surface area contributed by atoms with Crippen molar-refractivity contribution in [1.82, 2.24) is 14.9 Å². The van der Waals surface area contributed by atoms with E-state index in [1.54, 1.807) is 6.33 Å². The van der Waals surface area contributed by atoms with Crippen LogP contribution >= 0.6 is 0 Å². The number of aromatic nitrogens is 2. The number of fused-ring (bicyclic) bond motifs is 1. The normalized spacial score (nSPS) is 26.8. The Morgan fingerprint density at radius 2 is 1.96 bits per heavy atom. The van der Waals surface area contributed by atoms with Gasteiger partial charge >= 0.3 is 0 Å². The maximum atomic E-state index is 12.3. The lowest BCUT2D eigenvalue weighted by Gasteiger charge is -2.36. The maximum absolute atomic E-state index is 12.3. The zero-order valence-corrected chi connectivity index (χ0v) is 14.0. The molecule has 1 aliphatic carbocycles. The Morgan fingerprint density at radius 1 is 1.13 bits per heavy atom. The first-order chi connectivity index (χ1) is 11.3. The van der Waals surface area contributed by atoms with Gasteiger partial charge < -0.3 is 9.80 Å². The molecule has 1 amide bonds. The zero-order valence-electron chi connectivity index (χ0n) is 14.0. The summed E-state index contributed by atoms with van der Waals surface area (Å²) in [6.45, 7) is 3.98. The number of hydrogen-bond acceptors (Lipinski definition) is 4. The molecule has 5 nitrogen and oxygen atoms in total. The third-order valence-electron chi connectivity index (χ3n) is 5.79. The van der Waals surface area contributed by atoms with Crippen molar-refractivity contribution in [3.63, 3.8) is 0 Å². The summed E-state index contributed by atoms with van der Waals surface area (Å²) in [7, 11) is 0. The first-order valence-corrected chi connectivity index (χ1v) is 9.18. The van der Waals surface area contributed by atoms with Crippen LogP contribution in [-0.4, -0.2) is 45.9 Å². The standard InChI is InChI=1S/C18H26N4O/c1-2-17(23)21-10-4-8-15(21)16-9-5-11-22(16)18-13-6-3-7-14(13)19-12-20-18/h12,15-16H,2-11H2,1H3/t15-,16-/m1/s1. The molecule has 2 atom stereocenters. The molecule has 2 saturated heterocycles. The minimum absolute atomic E-state index is 0.312. The summed E-state index contributed by atoms with van der Waals surface area (Å²) in [6, 6.07) is 0.810. The van der Waals surface area contributed by atoms with Crippen LogP contribution in [0.4, 0.5) is 5.82 Å². The highest BCUT2D eigenvalue weighted by atomic mass is 16.2. The molecule has 5 heteroatoms. The van der Waals surface area contributed by atoms with Gasteiger partial charge in [-0.2, -0.15) is 0 Å².